The first-order chi connectivity index (χ1) is 10.1. The quantitative estimate of drug-likeness (QED) is 0.845. The number of hydrogen-bond acceptors (Lipinski definition) is 2. The second-order valence-corrected chi connectivity index (χ2v) is 5.39. The molecule has 0 spiro atoms. The molecule has 112 valence electrons. The Morgan fingerprint density at radius 2 is 2.19 bits per heavy atom. The topological polar surface area (TPSA) is 66.4 Å². The first-order valence-electron chi connectivity index (χ1n) is 7.42. The van der Waals surface area contributed by atoms with Crippen molar-refractivity contribution < 1.29 is 14.7 Å². The molecule has 1 amide bonds. The third-order valence-corrected chi connectivity index (χ3v) is 3.78. The van der Waals surface area contributed by atoms with Gasteiger partial charge in [-0.05, 0) is 42.5 Å². The van der Waals surface area contributed by atoms with E-state index in [2.05, 4.69) is 17.5 Å². The van der Waals surface area contributed by atoms with Gasteiger partial charge in [0.05, 0.1) is 5.92 Å². The van der Waals surface area contributed by atoms with Gasteiger partial charge in [-0.25, -0.2) is 0 Å². The molecule has 1 aliphatic rings. The maximum atomic E-state index is 12.1. The van der Waals surface area contributed by atoms with Gasteiger partial charge in [-0.15, -0.1) is 0 Å². The van der Waals surface area contributed by atoms with E-state index >= 15 is 0 Å². The zero-order valence-electron chi connectivity index (χ0n) is 12.3. The summed E-state index contributed by atoms with van der Waals surface area (Å²) in [5.74, 6) is -1.57. The van der Waals surface area contributed by atoms with Crippen LogP contribution >= 0.6 is 0 Å². The average molecular weight is 287 g/mol. The highest BCUT2D eigenvalue weighted by Gasteiger charge is 2.18. The van der Waals surface area contributed by atoms with Crippen LogP contribution in [0.1, 0.15) is 47.7 Å². The third-order valence-electron chi connectivity index (χ3n) is 3.78. The number of carbonyl (C=O) groups is 2. The molecule has 4 nitrogen and oxygen atoms in total. The van der Waals surface area contributed by atoms with Gasteiger partial charge in [0.15, 0.2) is 0 Å². The van der Waals surface area contributed by atoms with Crippen molar-refractivity contribution in [2.24, 2.45) is 5.92 Å². The summed E-state index contributed by atoms with van der Waals surface area (Å²) in [4.78, 5) is 23.2. The number of carbonyl (C=O) groups excluding carboxylic acids is 1. The van der Waals surface area contributed by atoms with Crippen molar-refractivity contribution in [3.63, 3.8) is 0 Å². The van der Waals surface area contributed by atoms with Crippen molar-refractivity contribution in [2.75, 3.05) is 6.54 Å². The highest BCUT2D eigenvalue weighted by Crippen LogP contribution is 2.20. The molecule has 1 aliphatic carbocycles. The Morgan fingerprint density at radius 1 is 1.38 bits per heavy atom. The van der Waals surface area contributed by atoms with Gasteiger partial charge in [0, 0.05) is 12.1 Å². The molecule has 1 aromatic rings. The number of benzene rings is 1. The van der Waals surface area contributed by atoms with Crippen LogP contribution in [0.25, 0.3) is 6.08 Å². The molecule has 2 N–H and O–H groups in total. The summed E-state index contributed by atoms with van der Waals surface area (Å²) >= 11 is 0. The Bertz CT molecular complexity index is 563. The van der Waals surface area contributed by atoms with Gasteiger partial charge in [0.2, 0.25) is 0 Å². The molecule has 4 heteroatoms. The van der Waals surface area contributed by atoms with Crippen molar-refractivity contribution in [1.82, 2.24) is 5.32 Å². The van der Waals surface area contributed by atoms with Crippen molar-refractivity contribution in [3.05, 3.63) is 41.0 Å². The predicted molar refractivity (Wildman–Crippen MR) is 82.2 cm³/mol. The minimum absolute atomic E-state index is 0.180. The Labute approximate surface area is 124 Å². The summed E-state index contributed by atoms with van der Waals surface area (Å²) in [5.41, 5.74) is 2.94. The van der Waals surface area contributed by atoms with Gasteiger partial charge in [-0.2, -0.15) is 0 Å². The van der Waals surface area contributed by atoms with Crippen molar-refractivity contribution in [1.29, 1.82) is 0 Å². The minimum Gasteiger partial charge on any atom is -0.481 e. The number of aryl methyl sites for hydroxylation is 1. The van der Waals surface area contributed by atoms with Crippen LogP contribution in [0.4, 0.5) is 0 Å². The van der Waals surface area contributed by atoms with Crippen LogP contribution in [0, 0.1) is 5.92 Å². The Hall–Kier alpha value is -2.10. The molecule has 0 saturated heterocycles. The summed E-state index contributed by atoms with van der Waals surface area (Å²) < 4.78 is 0. The highest BCUT2D eigenvalue weighted by atomic mass is 16.4. The lowest BCUT2D eigenvalue weighted by molar-refractivity contribution is -0.141. The fourth-order valence-electron chi connectivity index (χ4n) is 2.55. The van der Waals surface area contributed by atoms with Crippen LogP contribution in [0.5, 0.6) is 0 Å². The minimum atomic E-state index is -0.854. The number of aliphatic carboxylic acids is 1. The van der Waals surface area contributed by atoms with Crippen molar-refractivity contribution >= 4 is 18.0 Å². The molecular weight excluding hydrogens is 266 g/mol. The largest absolute Gasteiger partial charge is 0.481 e. The number of amides is 1. The van der Waals surface area contributed by atoms with Gasteiger partial charge in [0.25, 0.3) is 5.91 Å². The van der Waals surface area contributed by atoms with E-state index in [-0.39, 0.29) is 12.5 Å². The van der Waals surface area contributed by atoms with Crippen LogP contribution in [0.2, 0.25) is 0 Å². The number of allylic oxidation sites excluding steroid dienone is 1. The molecule has 1 atom stereocenters. The number of rotatable bonds is 6. The Morgan fingerprint density at radius 3 is 2.90 bits per heavy atom. The van der Waals surface area contributed by atoms with Crippen LogP contribution in [-0.2, 0) is 11.2 Å². The van der Waals surface area contributed by atoms with E-state index in [1.165, 1.54) is 5.56 Å². The lowest BCUT2D eigenvalue weighted by Crippen LogP contribution is -2.33. The predicted octanol–water partition coefficient (Wildman–Crippen LogP) is 2.88. The molecule has 0 aromatic heterocycles. The molecule has 1 unspecified atom stereocenters. The van der Waals surface area contributed by atoms with Crippen LogP contribution in [-0.4, -0.2) is 23.5 Å². The summed E-state index contributed by atoms with van der Waals surface area (Å²) in [6, 6.07) is 5.64. The normalized spacial score (nSPS) is 14.3. The fraction of sp³-hybridized carbons (Fsp3) is 0.412. The molecule has 0 fully saturated rings. The van der Waals surface area contributed by atoms with Gasteiger partial charge >= 0.3 is 5.97 Å². The number of carboxylic acid groups (broad SMARTS) is 1. The molecule has 0 radical (unpaired) electrons. The molecule has 0 heterocycles. The first-order valence-corrected chi connectivity index (χ1v) is 7.42. The highest BCUT2D eigenvalue weighted by molar-refractivity contribution is 5.95. The van der Waals surface area contributed by atoms with E-state index in [1.807, 2.05) is 19.1 Å². The van der Waals surface area contributed by atoms with Gasteiger partial charge < -0.3 is 10.4 Å². The monoisotopic (exact) mass is 287 g/mol. The molecule has 0 aliphatic heterocycles. The van der Waals surface area contributed by atoms with Crippen molar-refractivity contribution in [3.8, 4) is 0 Å². The standard InChI is InChI=1S/C17H21NO3/c1-2-5-15(17(20)21)11-18-16(19)14-9-8-12-6-3-4-7-13(12)10-14/h3,6,8-10,15H,2,4-5,7,11H2,1H3,(H,18,19)(H,20,21). The van der Waals surface area contributed by atoms with Gasteiger partial charge in [0.1, 0.15) is 0 Å². The van der Waals surface area contributed by atoms with E-state index in [0.29, 0.717) is 12.0 Å². The number of carboxylic acids is 1. The first kappa shape index (κ1) is 15.3. The lowest BCUT2D eigenvalue weighted by Gasteiger charge is -2.14. The van der Waals surface area contributed by atoms with Gasteiger partial charge in [-0.1, -0.05) is 31.6 Å². The average Bonchev–Trinajstić information content (AvgIpc) is 2.50. The molecule has 21 heavy (non-hydrogen) atoms. The number of hydrogen-bond donors (Lipinski definition) is 2. The smallest absolute Gasteiger partial charge is 0.308 e. The van der Waals surface area contributed by atoms with Crippen LogP contribution in [0.15, 0.2) is 24.3 Å². The van der Waals surface area contributed by atoms with E-state index in [1.54, 1.807) is 6.07 Å². The maximum absolute atomic E-state index is 12.1. The summed E-state index contributed by atoms with van der Waals surface area (Å²) in [6.07, 6.45) is 7.51. The molecule has 1 aromatic carbocycles. The lowest BCUT2D eigenvalue weighted by atomic mass is 9.95. The van der Waals surface area contributed by atoms with E-state index in [4.69, 9.17) is 5.11 Å². The number of nitrogens with one attached hydrogen (secondary N) is 1. The summed E-state index contributed by atoms with van der Waals surface area (Å²) in [5, 5.41) is 11.8. The zero-order valence-corrected chi connectivity index (χ0v) is 12.3. The Kier molecular flexibility index (Phi) is 5.14. The van der Waals surface area contributed by atoms with E-state index in [9.17, 15) is 9.59 Å². The summed E-state index contributed by atoms with van der Waals surface area (Å²) in [6.45, 7) is 2.12. The third kappa shape index (κ3) is 3.94. The SMILES string of the molecule is CCCC(CNC(=O)c1ccc2c(c1)CCC=C2)C(=O)O. The molecule has 2 rings (SSSR count). The molecule has 0 saturated carbocycles. The van der Waals surface area contributed by atoms with E-state index < -0.39 is 11.9 Å². The fourth-order valence-corrected chi connectivity index (χ4v) is 2.55. The maximum Gasteiger partial charge on any atom is 0.308 e. The number of fused-ring (bicyclic) bond motifs is 1. The van der Waals surface area contributed by atoms with Crippen molar-refractivity contribution in [2.45, 2.75) is 32.6 Å². The van der Waals surface area contributed by atoms with Crippen LogP contribution < -0.4 is 5.32 Å². The second-order valence-electron chi connectivity index (χ2n) is 5.39. The molecule has 0 bridgehead atoms. The van der Waals surface area contributed by atoms with Crippen LogP contribution in [0.3, 0.4) is 0 Å². The molecular formula is C17H21NO3. The van der Waals surface area contributed by atoms with Gasteiger partial charge in [-0.3, -0.25) is 9.59 Å². The second kappa shape index (κ2) is 7.07. The summed E-state index contributed by atoms with van der Waals surface area (Å²) in [7, 11) is 0. The zero-order chi connectivity index (χ0) is 15.2. The van der Waals surface area contributed by atoms with E-state index in [0.717, 1.165) is 24.8 Å². The Balaban J connectivity index is 2.00.